The summed E-state index contributed by atoms with van der Waals surface area (Å²) in [6.07, 6.45) is 3.22. The van der Waals surface area contributed by atoms with E-state index in [0.717, 1.165) is 30.5 Å². The zero-order chi connectivity index (χ0) is 13.1. The molecule has 1 aliphatic heterocycles. The molecule has 2 unspecified atom stereocenters. The number of carbonyl (C=O) groups is 1. The van der Waals surface area contributed by atoms with Gasteiger partial charge in [-0.25, -0.2) is 0 Å². The van der Waals surface area contributed by atoms with Crippen LogP contribution in [0.5, 0.6) is 0 Å². The highest BCUT2D eigenvalue weighted by molar-refractivity contribution is 5.95. The maximum atomic E-state index is 12.2. The number of anilines is 1. The molecule has 1 aromatic rings. The first-order valence-electron chi connectivity index (χ1n) is 6.70. The second kappa shape index (κ2) is 5.53. The van der Waals surface area contributed by atoms with E-state index < -0.39 is 0 Å². The van der Waals surface area contributed by atoms with Gasteiger partial charge >= 0.3 is 0 Å². The maximum absolute atomic E-state index is 12.2. The summed E-state index contributed by atoms with van der Waals surface area (Å²) in [5.74, 6) is 0.0912. The minimum atomic E-state index is -0.0468. The third-order valence-electron chi connectivity index (χ3n) is 3.57. The van der Waals surface area contributed by atoms with E-state index in [0.29, 0.717) is 6.04 Å². The van der Waals surface area contributed by atoms with Crippen molar-refractivity contribution in [1.82, 2.24) is 5.32 Å². The second-order valence-corrected chi connectivity index (χ2v) is 5.36. The van der Waals surface area contributed by atoms with Gasteiger partial charge in [-0.05, 0) is 51.7 Å². The Morgan fingerprint density at radius 1 is 1.33 bits per heavy atom. The lowest BCUT2D eigenvalue weighted by Crippen LogP contribution is -2.47. The molecule has 0 aliphatic carbocycles. The van der Waals surface area contributed by atoms with Crippen LogP contribution in [0, 0.1) is 13.8 Å². The van der Waals surface area contributed by atoms with Gasteiger partial charge in [0.1, 0.15) is 0 Å². The van der Waals surface area contributed by atoms with Crippen LogP contribution in [0.2, 0.25) is 0 Å². The van der Waals surface area contributed by atoms with Gasteiger partial charge in [0.05, 0.1) is 6.04 Å². The van der Waals surface area contributed by atoms with Crippen LogP contribution in [0.4, 0.5) is 5.69 Å². The largest absolute Gasteiger partial charge is 0.324 e. The van der Waals surface area contributed by atoms with Crippen molar-refractivity contribution < 1.29 is 4.79 Å². The number of hydrogen-bond donors (Lipinski definition) is 2. The highest BCUT2D eigenvalue weighted by Gasteiger charge is 2.24. The van der Waals surface area contributed by atoms with Gasteiger partial charge in [-0.3, -0.25) is 4.79 Å². The summed E-state index contributed by atoms with van der Waals surface area (Å²) < 4.78 is 0. The van der Waals surface area contributed by atoms with Gasteiger partial charge < -0.3 is 10.6 Å². The van der Waals surface area contributed by atoms with Gasteiger partial charge in [0, 0.05) is 11.7 Å². The van der Waals surface area contributed by atoms with Crippen molar-refractivity contribution in [3.63, 3.8) is 0 Å². The first kappa shape index (κ1) is 13.1. The van der Waals surface area contributed by atoms with Crippen LogP contribution >= 0.6 is 0 Å². The van der Waals surface area contributed by atoms with Gasteiger partial charge in [-0.2, -0.15) is 0 Å². The van der Waals surface area contributed by atoms with Gasteiger partial charge in [-0.1, -0.05) is 17.7 Å². The van der Waals surface area contributed by atoms with Crippen molar-refractivity contribution in [3.8, 4) is 0 Å². The number of carbonyl (C=O) groups excluding carboxylic acids is 1. The summed E-state index contributed by atoms with van der Waals surface area (Å²) in [5, 5.41) is 6.38. The van der Waals surface area contributed by atoms with Gasteiger partial charge in [0.15, 0.2) is 0 Å². The minimum Gasteiger partial charge on any atom is -0.324 e. The molecule has 3 heteroatoms. The van der Waals surface area contributed by atoms with Crippen molar-refractivity contribution in [2.45, 2.75) is 52.1 Å². The lowest BCUT2D eigenvalue weighted by molar-refractivity contribution is -0.118. The van der Waals surface area contributed by atoms with Gasteiger partial charge in [0.25, 0.3) is 0 Å². The maximum Gasteiger partial charge on any atom is 0.241 e. The molecular formula is C15H22N2O. The SMILES string of the molecule is Cc1ccc(NC(=O)C2CCCC(C)N2)c(C)c1. The molecule has 18 heavy (non-hydrogen) atoms. The molecule has 98 valence electrons. The Hall–Kier alpha value is -1.35. The van der Waals surface area contributed by atoms with Crippen LogP contribution in [0.15, 0.2) is 18.2 Å². The molecule has 1 saturated heterocycles. The lowest BCUT2D eigenvalue weighted by Gasteiger charge is -2.28. The number of aryl methyl sites for hydroxylation is 2. The summed E-state index contributed by atoms with van der Waals surface area (Å²) in [6.45, 7) is 6.22. The van der Waals surface area contributed by atoms with Crippen molar-refractivity contribution in [2.75, 3.05) is 5.32 Å². The molecule has 2 atom stereocenters. The van der Waals surface area contributed by atoms with E-state index in [2.05, 4.69) is 30.5 Å². The van der Waals surface area contributed by atoms with E-state index in [1.807, 2.05) is 19.1 Å². The van der Waals surface area contributed by atoms with Crippen LogP contribution in [-0.4, -0.2) is 18.0 Å². The Morgan fingerprint density at radius 3 is 2.78 bits per heavy atom. The van der Waals surface area contributed by atoms with E-state index in [-0.39, 0.29) is 11.9 Å². The summed E-state index contributed by atoms with van der Waals surface area (Å²) in [5.41, 5.74) is 3.26. The predicted molar refractivity (Wildman–Crippen MR) is 74.8 cm³/mol. The van der Waals surface area contributed by atoms with Crippen LogP contribution in [0.25, 0.3) is 0 Å². The molecule has 2 rings (SSSR count). The van der Waals surface area contributed by atoms with Crippen molar-refractivity contribution >= 4 is 11.6 Å². The highest BCUT2D eigenvalue weighted by atomic mass is 16.2. The smallest absolute Gasteiger partial charge is 0.241 e. The average molecular weight is 246 g/mol. The first-order valence-corrected chi connectivity index (χ1v) is 6.70. The Labute approximate surface area is 109 Å². The fourth-order valence-corrected chi connectivity index (χ4v) is 2.52. The van der Waals surface area contributed by atoms with Crippen LogP contribution < -0.4 is 10.6 Å². The van der Waals surface area contributed by atoms with Crippen molar-refractivity contribution in [3.05, 3.63) is 29.3 Å². The molecule has 1 aliphatic rings. The number of nitrogens with one attached hydrogen (secondary N) is 2. The third-order valence-corrected chi connectivity index (χ3v) is 3.57. The molecule has 1 aromatic carbocycles. The van der Waals surface area contributed by atoms with E-state index in [1.54, 1.807) is 0 Å². The summed E-state index contributed by atoms with van der Waals surface area (Å²) in [6, 6.07) is 6.49. The van der Waals surface area contributed by atoms with Crippen molar-refractivity contribution in [1.29, 1.82) is 0 Å². The number of hydrogen-bond acceptors (Lipinski definition) is 2. The number of amides is 1. The third kappa shape index (κ3) is 3.10. The minimum absolute atomic E-state index is 0.0468. The quantitative estimate of drug-likeness (QED) is 0.842. The topological polar surface area (TPSA) is 41.1 Å². The molecule has 0 aromatic heterocycles. The predicted octanol–water partition coefficient (Wildman–Crippen LogP) is 2.77. The normalized spacial score (nSPS) is 23.7. The molecule has 1 fully saturated rings. The molecule has 1 heterocycles. The summed E-state index contributed by atoms with van der Waals surface area (Å²) in [4.78, 5) is 12.2. The Bertz CT molecular complexity index is 442. The monoisotopic (exact) mass is 246 g/mol. The van der Waals surface area contributed by atoms with E-state index >= 15 is 0 Å². The fourth-order valence-electron chi connectivity index (χ4n) is 2.52. The lowest BCUT2D eigenvalue weighted by atomic mass is 9.99. The van der Waals surface area contributed by atoms with E-state index in [1.165, 1.54) is 5.56 Å². The molecule has 0 bridgehead atoms. The zero-order valence-corrected chi connectivity index (χ0v) is 11.4. The molecule has 2 N–H and O–H groups in total. The summed E-state index contributed by atoms with van der Waals surface area (Å²) in [7, 11) is 0. The number of piperidine rings is 1. The fraction of sp³-hybridized carbons (Fsp3) is 0.533. The average Bonchev–Trinajstić information content (AvgIpc) is 2.32. The number of benzene rings is 1. The first-order chi connectivity index (χ1) is 8.56. The van der Waals surface area contributed by atoms with E-state index in [9.17, 15) is 4.79 Å². The molecule has 3 nitrogen and oxygen atoms in total. The molecule has 0 saturated carbocycles. The van der Waals surface area contributed by atoms with Crippen LogP contribution in [-0.2, 0) is 4.79 Å². The molecular weight excluding hydrogens is 224 g/mol. The van der Waals surface area contributed by atoms with Gasteiger partial charge in [-0.15, -0.1) is 0 Å². The Kier molecular flexibility index (Phi) is 4.02. The van der Waals surface area contributed by atoms with Crippen molar-refractivity contribution in [2.24, 2.45) is 0 Å². The Morgan fingerprint density at radius 2 is 2.11 bits per heavy atom. The van der Waals surface area contributed by atoms with Crippen LogP contribution in [0.3, 0.4) is 0 Å². The molecule has 1 amide bonds. The van der Waals surface area contributed by atoms with Gasteiger partial charge in [0.2, 0.25) is 5.91 Å². The summed E-state index contributed by atoms with van der Waals surface area (Å²) >= 11 is 0. The highest BCUT2D eigenvalue weighted by Crippen LogP contribution is 2.18. The number of rotatable bonds is 2. The van der Waals surface area contributed by atoms with Crippen LogP contribution in [0.1, 0.15) is 37.3 Å². The molecule has 0 radical (unpaired) electrons. The zero-order valence-electron chi connectivity index (χ0n) is 11.4. The second-order valence-electron chi connectivity index (χ2n) is 5.36. The molecule has 0 spiro atoms. The standard InChI is InChI=1S/C15H22N2O/c1-10-7-8-13(11(2)9-10)17-15(18)14-6-4-5-12(3)16-14/h7-9,12,14,16H,4-6H2,1-3H3,(H,17,18). The Balaban J connectivity index is 2.02. The van der Waals surface area contributed by atoms with E-state index in [4.69, 9.17) is 0 Å².